The van der Waals surface area contributed by atoms with Crippen LogP contribution < -0.4 is 15.7 Å². The van der Waals surface area contributed by atoms with Gasteiger partial charge in [-0.3, -0.25) is 72.3 Å². The number of nitrogens with one attached hydrogen (secondary N) is 3. The van der Waals surface area contributed by atoms with Gasteiger partial charge in [-0.15, -0.1) is 0 Å². The zero-order valence-corrected chi connectivity index (χ0v) is 65.3. The summed E-state index contributed by atoms with van der Waals surface area (Å²) >= 11 is 0. The largest absolute Gasteiger partial charge is 0.461 e. The van der Waals surface area contributed by atoms with E-state index in [1.807, 2.05) is 106 Å². The zero-order chi connectivity index (χ0) is 82.0. The van der Waals surface area contributed by atoms with Crippen molar-refractivity contribution < 1.29 is 94.8 Å². The van der Waals surface area contributed by atoms with Gasteiger partial charge in [-0.05, 0) is 69.5 Å². The number of nitro groups is 1. The lowest BCUT2D eigenvalue weighted by Gasteiger charge is -2.33. The van der Waals surface area contributed by atoms with E-state index >= 15 is 4.57 Å². The summed E-state index contributed by atoms with van der Waals surface area (Å²) in [6, 6.07) is 63.0. The molecule has 612 valence electrons. The number of esters is 7. The molecule has 2 amide bonds. The molecule has 8 aromatic carbocycles. The molecule has 1 saturated heterocycles. The van der Waals surface area contributed by atoms with Crippen LogP contribution in [-0.2, 0) is 143 Å². The van der Waals surface area contributed by atoms with Crippen molar-refractivity contribution in [1.29, 1.82) is 0 Å². The Morgan fingerprint density at radius 2 is 0.612 bits per heavy atom. The van der Waals surface area contributed by atoms with Crippen LogP contribution in [0.25, 0.3) is 0 Å². The van der Waals surface area contributed by atoms with Crippen molar-refractivity contribution in [3.8, 4) is 0 Å². The number of ether oxygens (including phenoxy) is 7. The lowest BCUT2D eigenvalue weighted by Crippen LogP contribution is -2.51. The molecule has 0 bridgehead atoms. The first kappa shape index (κ1) is 88.3. The van der Waals surface area contributed by atoms with Gasteiger partial charge < -0.3 is 43.8 Å². The third kappa shape index (κ3) is 33.4. The molecule has 1 aliphatic rings. The minimum atomic E-state index is -4.85. The van der Waals surface area contributed by atoms with Crippen molar-refractivity contribution in [2.75, 3.05) is 85.1 Å². The van der Waals surface area contributed by atoms with Crippen LogP contribution in [0, 0.1) is 10.1 Å². The van der Waals surface area contributed by atoms with Gasteiger partial charge in [0.05, 0.1) is 44.3 Å². The monoisotopic (exact) mass is 1610 g/mol. The fourth-order valence-corrected chi connectivity index (χ4v) is 13.4. The Hall–Kier alpha value is -11.7. The molecule has 1 aliphatic heterocycles. The molecule has 29 nitrogen and oxygen atoms in total. The highest BCUT2D eigenvalue weighted by molar-refractivity contribution is 7.51. The molecule has 1 fully saturated rings. The number of hydrogen-bond donors (Lipinski definition) is 3. The van der Waals surface area contributed by atoms with Crippen LogP contribution in [0.2, 0.25) is 0 Å². The normalized spacial score (nSPS) is 14.4. The van der Waals surface area contributed by atoms with Crippen molar-refractivity contribution >= 4 is 67.0 Å². The number of non-ortho nitro benzene ring substituents is 1. The number of hydrogen-bond acceptors (Lipinski definition) is 25. The van der Waals surface area contributed by atoms with Crippen molar-refractivity contribution in [3.05, 3.63) is 291 Å². The van der Waals surface area contributed by atoms with E-state index in [9.17, 15) is 53.3 Å². The molecular weight excluding hydrogens is 1510 g/mol. The van der Waals surface area contributed by atoms with E-state index in [2.05, 4.69) is 15.7 Å². The summed E-state index contributed by atoms with van der Waals surface area (Å²) < 4.78 is 67.1. The van der Waals surface area contributed by atoms with Gasteiger partial charge in [0.2, 0.25) is 11.8 Å². The summed E-state index contributed by atoms with van der Waals surface area (Å²) in [6.07, 6.45) is -2.15. The van der Waals surface area contributed by atoms with E-state index in [0.29, 0.717) is 22.3 Å². The maximum atomic E-state index is 15.3. The number of rotatable bonds is 43. The first-order valence-corrected chi connectivity index (χ1v) is 39.7. The smallest absolute Gasteiger partial charge is 0.406 e. The molecule has 1 unspecified atom stereocenters. The highest BCUT2D eigenvalue weighted by Gasteiger charge is 2.36. The molecule has 0 radical (unpaired) electrons. The Balaban J connectivity index is 0.925. The van der Waals surface area contributed by atoms with E-state index in [-0.39, 0.29) is 142 Å². The first-order chi connectivity index (χ1) is 56.3. The van der Waals surface area contributed by atoms with E-state index in [1.54, 1.807) is 126 Å². The van der Waals surface area contributed by atoms with E-state index in [1.165, 1.54) is 24.3 Å². The second-order valence-electron chi connectivity index (χ2n) is 27.3. The standard InChI is InChI=1S/C86H97N8O21P/c95-78(87-76(85(102)112-63-71-32-18-6-19-33-71)44-53-114-116(106,115-65-73-36-38-74(39-37-73)94(104)105)89-77(86(103)113-64-72-34-20-7-21-35-72)41-43-80(97)107-58-66-22-8-1-9-23-66)42-40-75(84(101)111-62-70-30-16-5-17-31-70)88-79(96)54-90-45-47-91(55-81(98)108-59-67-24-10-2-11-25-67)49-51-93(57-83(100)110-61-69-28-14-4-15-29-69)52-50-92(48-46-90)56-82(99)109-60-68-26-12-3-13-27-68/h1-39,75-77H,40-65H2,(H,87,95)(H,88,96)(H,89,106)/t75-,76-,77-,116?/m0/s1. The maximum Gasteiger partial charge on any atom is 0.406 e. The number of benzene rings is 8. The summed E-state index contributed by atoms with van der Waals surface area (Å²) in [5.74, 6) is -6.60. The molecule has 0 spiro atoms. The van der Waals surface area contributed by atoms with Crippen LogP contribution in [0.4, 0.5) is 5.69 Å². The van der Waals surface area contributed by atoms with Crippen LogP contribution in [-0.4, -0.2) is 181 Å². The SMILES string of the molecule is O=C(CC[C@H](NC(=O)CN1CCN(CC(=O)OCc2ccccc2)CCN(CC(=O)OCc2ccccc2)CCN(CC(=O)OCc2ccccc2)CC1)C(=O)OCc1ccccc1)N[C@@H](CCOP(=O)(N[C@@H](CCC(=O)OCc1ccccc1)C(=O)OCc1ccccc1)OCc1ccc([N+](=O)[O-])cc1)C(=O)OCc1ccccc1. The Labute approximate surface area is 673 Å². The summed E-state index contributed by atoms with van der Waals surface area (Å²) in [5, 5.41) is 19.7. The van der Waals surface area contributed by atoms with Gasteiger partial charge in [-0.1, -0.05) is 212 Å². The maximum absolute atomic E-state index is 15.3. The van der Waals surface area contributed by atoms with Crippen LogP contribution in [0.15, 0.2) is 237 Å². The number of carbonyl (C=O) groups is 9. The van der Waals surface area contributed by atoms with Crippen LogP contribution in [0.5, 0.6) is 0 Å². The third-order valence-corrected chi connectivity index (χ3v) is 20.0. The number of carbonyl (C=O) groups excluding carboxylic acids is 9. The van der Waals surface area contributed by atoms with Gasteiger partial charge in [-0.25, -0.2) is 19.2 Å². The van der Waals surface area contributed by atoms with Gasteiger partial charge in [0.1, 0.15) is 64.4 Å². The van der Waals surface area contributed by atoms with E-state index in [0.717, 1.165) is 16.7 Å². The molecule has 0 saturated carbocycles. The summed E-state index contributed by atoms with van der Waals surface area (Å²) in [4.78, 5) is 145. The molecule has 4 atom stereocenters. The molecule has 30 heteroatoms. The number of amides is 2. The quantitative estimate of drug-likeness (QED) is 0.0105. The van der Waals surface area contributed by atoms with Gasteiger partial charge in [0.15, 0.2) is 0 Å². The highest BCUT2D eigenvalue weighted by Crippen LogP contribution is 2.46. The Morgan fingerprint density at radius 3 is 0.957 bits per heavy atom. The van der Waals surface area contributed by atoms with Crippen LogP contribution in [0.3, 0.4) is 0 Å². The summed E-state index contributed by atoms with van der Waals surface area (Å²) in [5.41, 5.74) is 4.90. The molecule has 0 aliphatic carbocycles. The third-order valence-electron chi connectivity index (χ3n) is 18.3. The summed E-state index contributed by atoms with van der Waals surface area (Å²) in [7, 11) is -4.85. The molecule has 1 heterocycles. The van der Waals surface area contributed by atoms with Crippen LogP contribution >= 0.6 is 7.75 Å². The Bertz CT molecular complexity index is 4360. The molecule has 9 rings (SSSR count). The Kier molecular flexibility index (Phi) is 36.9. The molecule has 3 N–H and O–H groups in total. The zero-order valence-electron chi connectivity index (χ0n) is 64.4. The molecule has 0 aromatic heterocycles. The van der Waals surface area contributed by atoms with Crippen molar-refractivity contribution in [2.45, 2.75) is 103 Å². The minimum absolute atomic E-state index is 0.0177. The predicted octanol–water partition coefficient (Wildman–Crippen LogP) is 9.54. The predicted molar refractivity (Wildman–Crippen MR) is 425 cm³/mol. The van der Waals surface area contributed by atoms with Crippen molar-refractivity contribution in [3.63, 3.8) is 0 Å². The van der Waals surface area contributed by atoms with Gasteiger partial charge in [0, 0.05) is 83.8 Å². The Morgan fingerprint density at radius 1 is 0.328 bits per heavy atom. The number of nitro benzene ring substituents is 1. The van der Waals surface area contributed by atoms with E-state index in [4.69, 9.17) is 42.2 Å². The average molecular weight is 1610 g/mol. The lowest BCUT2D eigenvalue weighted by atomic mass is 10.1. The van der Waals surface area contributed by atoms with E-state index < -0.39 is 123 Å². The summed E-state index contributed by atoms with van der Waals surface area (Å²) in [6.45, 7) is -1.01. The molecule has 8 aromatic rings. The second-order valence-corrected chi connectivity index (χ2v) is 29.1. The highest BCUT2D eigenvalue weighted by atomic mass is 31.2. The number of nitrogens with zero attached hydrogens (tertiary/aromatic N) is 5. The second kappa shape index (κ2) is 48.5. The molecule has 116 heavy (non-hydrogen) atoms. The van der Waals surface area contributed by atoms with Crippen LogP contribution in [0.1, 0.15) is 76.6 Å². The average Bonchev–Trinajstić information content (AvgIpc) is 0.842. The lowest BCUT2D eigenvalue weighted by molar-refractivity contribution is -0.384. The topological polar surface area (TPSA) is 346 Å². The van der Waals surface area contributed by atoms with Gasteiger partial charge in [0.25, 0.3) is 5.69 Å². The van der Waals surface area contributed by atoms with Crippen molar-refractivity contribution in [2.24, 2.45) is 0 Å². The fourth-order valence-electron chi connectivity index (χ4n) is 11.9. The van der Waals surface area contributed by atoms with Crippen molar-refractivity contribution in [1.82, 2.24) is 35.3 Å². The van der Waals surface area contributed by atoms with Gasteiger partial charge >= 0.3 is 49.5 Å². The first-order valence-electron chi connectivity index (χ1n) is 38.1. The van der Waals surface area contributed by atoms with Gasteiger partial charge in [-0.2, -0.15) is 0 Å². The fraction of sp³-hybridized carbons (Fsp3) is 0.337. The minimum Gasteiger partial charge on any atom is -0.461 e. The molecular formula is C86H97N8O21P.